The van der Waals surface area contributed by atoms with E-state index in [1.165, 1.54) is 24.0 Å². The molecular formula is C18H20BrNO. The van der Waals surface area contributed by atoms with Crippen LogP contribution in [0.5, 0.6) is 5.75 Å². The van der Waals surface area contributed by atoms with Gasteiger partial charge in [0, 0.05) is 10.5 Å². The van der Waals surface area contributed by atoms with Crippen molar-refractivity contribution in [2.75, 3.05) is 7.05 Å². The van der Waals surface area contributed by atoms with Gasteiger partial charge in [-0.25, -0.2) is 0 Å². The lowest BCUT2D eigenvalue weighted by Gasteiger charge is -2.18. The Morgan fingerprint density at radius 3 is 2.71 bits per heavy atom. The zero-order chi connectivity index (χ0) is 14.7. The second-order valence-electron chi connectivity index (χ2n) is 5.57. The smallest absolute Gasteiger partial charge is 0.120 e. The summed E-state index contributed by atoms with van der Waals surface area (Å²) < 4.78 is 7.02. The maximum Gasteiger partial charge on any atom is 0.120 e. The fourth-order valence-electron chi connectivity index (χ4n) is 2.47. The minimum absolute atomic E-state index is 0.294. The van der Waals surface area contributed by atoms with Crippen LogP contribution in [0, 0.1) is 0 Å². The zero-order valence-electron chi connectivity index (χ0n) is 12.2. The Balaban J connectivity index is 1.75. The number of benzene rings is 2. The predicted molar refractivity (Wildman–Crippen MR) is 89.7 cm³/mol. The van der Waals surface area contributed by atoms with Crippen LogP contribution in [-0.2, 0) is 6.42 Å². The molecule has 0 saturated heterocycles. The molecule has 110 valence electrons. The second-order valence-corrected chi connectivity index (χ2v) is 6.48. The van der Waals surface area contributed by atoms with E-state index in [-0.39, 0.29) is 0 Å². The Hall–Kier alpha value is -1.32. The van der Waals surface area contributed by atoms with Gasteiger partial charge in [0.2, 0.25) is 0 Å². The van der Waals surface area contributed by atoms with E-state index in [4.69, 9.17) is 4.74 Å². The fourth-order valence-corrected chi connectivity index (χ4v) is 2.92. The van der Waals surface area contributed by atoms with Crippen LogP contribution in [0.3, 0.4) is 0 Å². The number of ether oxygens (including phenoxy) is 1. The molecule has 1 atom stereocenters. The highest BCUT2D eigenvalue weighted by Crippen LogP contribution is 2.29. The molecule has 2 aromatic rings. The van der Waals surface area contributed by atoms with Gasteiger partial charge in [0.05, 0.1) is 6.10 Å². The standard InChI is InChI=1S/C18H20BrNO/c1-20-18(11-13-4-2-6-15(19)10-13)14-5-3-7-17(12-14)21-16-8-9-16/h2-7,10,12,16,18,20H,8-9,11H2,1H3. The highest BCUT2D eigenvalue weighted by molar-refractivity contribution is 9.10. The largest absolute Gasteiger partial charge is 0.490 e. The normalized spacial score (nSPS) is 15.7. The van der Waals surface area contributed by atoms with Gasteiger partial charge < -0.3 is 10.1 Å². The SMILES string of the molecule is CNC(Cc1cccc(Br)c1)c1cccc(OC2CC2)c1. The van der Waals surface area contributed by atoms with Gasteiger partial charge in [0.25, 0.3) is 0 Å². The molecule has 0 aliphatic heterocycles. The Labute approximate surface area is 134 Å². The molecule has 1 fully saturated rings. The van der Waals surface area contributed by atoms with Crippen molar-refractivity contribution in [3.05, 3.63) is 64.1 Å². The Morgan fingerprint density at radius 1 is 1.19 bits per heavy atom. The summed E-state index contributed by atoms with van der Waals surface area (Å²) in [4.78, 5) is 0. The third-order valence-electron chi connectivity index (χ3n) is 3.76. The average Bonchev–Trinajstić information content (AvgIpc) is 3.29. The van der Waals surface area contributed by atoms with E-state index in [1.54, 1.807) is 0 Å². The molecule has 3 heteroatoms. The molecule has 2 aromatic carbocycles. The van der Waals surface area contributed by atoms with E-state index in [1.807, 2.05) is 13.1 Å². The van der Waals surface area contributed by atoms with Crippen molar-refractivity contribution in [2.24, 2.45) is 0 Å². The topological polar surface area (TPSA) is 21.3 Å². The van der Waals surface area contributed by atoms with Crippen LogP contribution in [0.4, 0.5) is 0 Å². The molecule has 1 aliphatic rings. The summed E-state index contributed by atoms with van der Waals surface area (Å²) in [5, 5.41) is 3.41. The van der Waals surface area contributed by atoms with Gasteiger partial charge in [-0.05, 0) is 61.7 Å². The lowest BCUT2D eigenvalue weighted by Crippen LogP contribution is -2.19. The fraction of sp³-hybridized carbons (Fsp3) is 0.333. The lowest BCUT2D eigenvalue weighted by molar-refractivity contribution is 0.302. The van der Waals surface area contributed by atoms with Crippen LogP contribution >= 0.6 is 15.9 Å². The number of hydrogen-bond donors (Lipinski definition) is 1. The molecule has 0 bridgehead atoms. The van der Waals surface area contributed by atoms with E-state index >= 15 is 0 Å². The van der Waals surface area contributed by atoms with Crippen molar-refractivity contribution in [1.82, 2.24) is 5.32 Å². The van der Waals surface area contributed by atoms with Crippen LogP contribution in [0.25, 0.3) is 0 Å². The van der Waals surface area contributed by atoms with Gasteiger partial charge in [-0.2, -0.15) is 0 Å². The quantitative estimate of drug-likeness (QED) is 0.832. The monoisotopic (exact) mass is 345 g/mol. The summed E-state index contributed by atoms with van der Waals surface area (Å²) in [5.74, 6) is 0.990. The molecule has 1 N–H and O–H groups in total. The number of nitrogens with one attached hydrogen (secondary N) is 1. The lowest BCUT2D eigenvalue weighted by atomic mass is 9.99. The first-order chi connectivity index (χ1) is 10.2. The van der Waals surface area contributed by atoms with Crippen LogP contribution in [0.15, 0.2) is 53.0 Å². The molecule has 1 unspecified atom stereocenters. The van der Waals surface area contributed by atoms with E-state index in [2.05, 4.69) is 63.7 Å². The highest BCUT2D eigenvalue weighted by Gasteiger charge is 2.23. The molecule has 1 aliphatic carbocycles. The average molecular weight is 346 g/mol. The van der Waals surface area contributed by atoms with Crippen molar-refractivity contribution >= 4 is 15.9 Å². The molecule has 0 aromatic heterocycles. The molecule has 0 radical (unpaired) electrons. The van der Waals surface area contributed by atoms with Crippen molar-refractivity contribution in [1.29, 1.82) is 0 Å². The Kier molecular flexibility index (Phi) is 4.61. The van der Waals surface area contributed by atoms with Gasteiger partial charge in [-0.1, -0.05) is 40.2 Å². The maximum absolute atomic E-state index is 5.89. The molecule has 0 spiro atoms. The van der Waals surface area contributed by atoms with Crippen molar-refractivity contribution in [2.45, 2.75) is 31.4 Å². The molecule has 1 saturated carbocycles. The third kappa shape index (κ3) is 4.08. The van der Waals surface area contributed by atoms with E-state index in [0.717, 1.165) is 16.6 Å². The van der Waals surface area contributed by atoms with Gasteiger partial charge in [-0.15, -0.1) is 0 Å². The zero-order valence-corrected chi connectivity index (χ0v) is 13.8. The van der Waals surface area contributed by atoms with Gasteiger partial charge in [-0.3, -0.25) is 0 Å². The minimum Gasteiger partial charge on any atom is -0.490 e. The molecular weight excluding hydrogens is 326 g/mol. The van der Waals surface area contributed by atoms with Crippen LogP contribution < -0.4 is 10.1 Å². The molecule has 3 rings (SSSR count). The first kappa shape index (κ1) is 14.6. The van der Waals surface area contributed by atoms with Crippen molar-refractivity contribution in [3.8, 4) is 5.75 Å². The summed E-state index contributed by atoms with van der Waals surface area (Å²) in [5.41, 5.74) is 2.59. The first-order valence-electron chi connectivity index (χ1n) is 7.43. The van der Waals surface area contributed by atoms with Crippen molar-refractivity contribution in [3.63, 3.8) is 0 Å². The molecule has 21 heavy (non-hydrogen) atoms. The molecule has 2 nitrogen and oxygen atoms in total. The molecule has 0 amide bonds. The second kappa shape index (κ2) is 6.63. The highest BCUT2D eigenvalue weighted by atomic mass is 79.9. The van der Waals surface area contributed by atoms with Crippen LogP contribution in [0.2, 0.25) is 0 Å². The number of likely N-dealkylation sites (N-methyl/N-ethyl adjacent to an activating group) is 1. The van der Waals surface area contributed by atoms with E-state index in [9.17, 15) is 0 Å². The first-order valence-corrected chi connectivity index (χ1v) is 8.22. The van der Waals surface area contributed by atoms with E-state index in [0.29, 0.717) is 12.1 Å². The molecule has 0 heterocycles. The summed E-state index contributed by atoms with van der Waals surface area (Å²) in [6, 6.07) is 17.2. The summed E-state index contributed by atoms with van der Waals surface area (Å²) >= 11 is 3.54. The van der Waals surface area contributed by atoms with Crippen LogP contribution in [-0.4, -0.2) is 13.2 Å². The summed E-state index contributed by atoms with van der Waals surface area (Å²) in [7, 11) is 2.01. The van der Waals surface area contributed by atoms with Gasteiger partial charge in [0.1, 0.15) is 5.75 Å². The van der Waals surface area contributed by atoms with E-state index < -0.39 is 0 Å². The summed E-state index contributed by atoms with van der Waals surface area (Å²) in [6.45, 7) is 0. The van der Waals surface area contributed by atoms with Crippen LogP contribution in [0.1, 0.15) is 30.0 Å². The van der Waals surface area contributed by atoms with Crippen molar-refractivity contribution < 1.29 is 4.74 Å². The number of hydrogen-bond acceptors (Lipinski definition) is 2. The Morgan fingerprint density at radius 2 is 2.00 bits per heavy atom. The predicted octanol–water partition coefficient (Wildman–Crippen LogP) is 4.49. The minimum atomic E-state index is 0.294. The summed E-state index contributed by atoms with van der Waals surface area (Å²) in [6.07, 6.45) is 3.79. The maximum atomic E-state index is 5.89. The third-order valence-corrected chi connectivity index (χ3v) is 4.26. The van der Waals surface area contributed by atoms with Gasteiger partial charge >= 0.3 is 0 Å². The number of halogens is 1. The van der Waals surface area contributed by atoms with Gasteiger partial charge in [0.15, 0.2) is 0 Å². The Bertz CT molecular complexity index is 610. The number of rotatable bonds is 6.